The molecular weight excluding hydrogens is 276 g/mol. The van der Waals surface area contributed by atoms with Crippen molar-refractivity contribution >= 4 is 17.1 Å². The molecule has 22 heavy (non-hydrogen) atoms. The van der Waals surface area contributed by atoms with Crippen molar-refractivity contribution in [2.75, 3.05) is 23.3 Å². The van der Waals surface area contributed by atoms with Gasteiger partial charge in [0.1, 0.15) is 0 Å². The van der Waals surface area contributed by atoms with Crippen molar-refractivity contribution in [3.63, 3.8) is 0 Å². The number of anilines is 3. The topological polar surface area (TPSA) is 55.7 Å². The van der Waals surface area contributed by atoms with Gasteiger partial charge in [-0.05, 0) is 44.2 Å². The average molecular weight is 300 g/mol. The average Bonchev–Trinajstić information content (AvgIpc) is 2.47. The SMILES string of the molecule is CC(O)CN(CC(C)O)c1cccc(Nc2ccccc2)c1. The Labute approximate surface area is 132 Å². The zero-order valence-electron chi connectivity index (χ0n) is 13.1. The zero-order valence-corrected chi connectivity index (χ0v) is 13.1. The molecule has 2 atom stereocenters. The smallest absolute Gasteiger partial charge is 0.0687 e. The summed E-state index contributed by atoms with van der Waals surface area (Å²) in [6, 6.07) is 18.0. The van der Waals surface area contributed by atoms with Gasteiger partial charge in [0.2, 0.25) is 0 Å². The lowest BCUT2D eigenvalue weighted by molar-refractivity contribution is 0.178. The van der Waals surface area contributed by atoms with E-state index in [1.54, 1.807) is 13.8 Å². The molecule has 2 unspecified atom stereocenters. The van der Waals surface area contributed by atoms with Crippen LogP contribution in [-0.2, 0) is 0 Å². The monoisotopic (exact) mass is 300 g/mol. The first-order valence-corrected chi connectivity index (χ1v) is 7.58. The van der Waals surface area contributed by atoms with E-state index >= 15 is 0 Å². The molecule has 0 aliphatic heterocycles. The summed E-state index contributed by atoms with van der Waals surface area (Å²) < 4.78 is 0. The number of hydrogen-bond acceptors (Lipinski definition) is 4. The normalized spacial score (nSPS) is 13.5. The van der Waals surface area contributed by atoms with Gasteiger partial charge in [0.05, 0.1) is 12.2 Å². The lowest BCUT2D eigenvalue weighted by Crippen LogP contribution is -2.36. The van der Waals surface area contributed by atoms with Crippen molar-refractivity contribution in [3.8, 4) is 0 Å². The van der Waals surface area contributed by atoms with Crippen LogP contribution in [-0.4, -0.2) is 35.5 Å². The minimum atomic E-state index is -0.454. The third kappa shape index (κ3) is 5.06. The first-order chi connectivity index (χ1) is 10.5. The lowest BCUT2D eigenvalue weighted by Gasteiger charge is -2.28. The summed E-state index contributed by atoms with van der Waals surface area (Å²) in [4.78, 5) is 1.99. The molecule has 2 aromatic carbocycles. The van der Waals surface area contributed by atoms with Crippen LogP contribution in [0.15, 0.2) is 54.6 Å². The maximum atomic E-state index is 9.66. The van der Waals surface area contributed by atoms with Gasteiger partial charge >= 0.3 is 0 Å². The number of nitrogens with one attached hydrogen (secondary N) is 1. The highest BCUT2D eigenvalue weighted by atomic mass is 16.3. The summed E-state index contributed by atoms with van der Waals surface area (Å²) in [6.07, 6.45) is -0.908. The number of aliphatic hydroxyl groups is 2. The number of benzene rings is 2. The van der Waals surface area contributed by atoms with Gasteiger partial charge in [0.15, 0.2) is 0 Å². The van der Waals surface area contributed by atoms with Gasteiger partial charge < -0.3 is 20.4 Å². The second kappa shape index (κ2) is 7.82. The van der Waals surface area contributed by atoms with E-state index in [4.69, 9.17) is 0 Å². The number of nitrogens with zero attached hydrogens (tertiary/aromatic N) is 1. The van der Waals surface area contributed by atoms with Crippen LogP contribution < -0.4 is 10.2 Å². The third-order valence-corrected chi connectivity index (χ3v) is 3.24. The van der Waals surface area contributed by atoms with Crippen molar-refractivity contribution in [3.05, 3.63) is 54.6 Å². The summed E-state index contributed by atoms with van der Waals surface area (Å²) in [7, 11) is 0. The Morgan fingerprint density at radius 2 is 1.45 bits per heavy atom. The molecule has 0 spiro atoms. The summed E-state index contributed by atoms with van der Waals surface area (Å²) in [5.74, 6) is 0. The van der Waals surface area contributed by atoms with E-state index in [2.05, 4.69) is 5.32 Å². The van der Waals surface area contributed by atoms with Gasteiger partial charge in [-0.25, -0.2) is 0 Å². The Balaban J connectivity index is 2.17. The predicted molar refractivity (Wildman–Crippen MR) is 91.7 cm³/mol. The molecule has 2 aromatic rings. The number of rotatable bonds is 7. The van der Waals surface area contributed by atoms with Gasteiger partial charge in [0.25, 0.3) is 0 Å². The van der Waals surface area contributed by atoms with Crippen molar-refractivity contribution < 1.29 is 10.2 Å². The van der Waals surface area contributed by atoms with Crippen LogP contribution in [0.5, 0.6) is 0 Å². The van der Waals surface area contributed by atoms with Gasteiger partial charge in [-0.1, -0.05) is 24.3 Å². The van der Waals surface area contributed by atoms with Gasteiger partial charge in [0, 0.05) is 30.2 Å². The third-order valence-electron chi connectivity index (χ3n) is 3.24. The van der Waals surface area contributed by atoms with Crippen molar-refractivity contribution in [1.29, 1.82) is 0 Å². The first kappa shape index (κ1) is 16.3. The Bertz CT molecular complexity index is 560. The molecule has 0 saturated carbocycles. The number of hydrogen-bond donors (Lipinski definition) is 3. The fraction of sp³-hybridized carbons (Fsp3) is 0.333. The second-order valence-corrected chi connectivity index (χ2v) is 5.64. The van der Waals surface area contributed by atoms with Crippen molar-refractivity contribution in [2.45, 2.75) is 26.1 Å². The molecule has 0 bridgehead atoms. The summed E-state index contributed by atoms with van der Waals surface area (Å²) in [5.41, 5.74) is 2.98. The second-order valence-electron chi connectivity index (χ2n) is 5.64. The minimum Gasteiger partial charge on any atom is -0.392 e. The van der Waals surface area contributed by atoms with E-state index in [0.717, 1.165) is 17.1 Å². The molecular formula is C18H24N2O2. The van der Waals surface area contributed by atoms with E-state index in [0.29, 0.717) is 13.1 Å². The molecule has 2 rings (SSSR count). The van der Waals surface area contributed by atoms with Crippen LogP contribution in [0.3, 0.4) is 0 Å². The first-order valence-electron chi connectivity index (χ1n) is 7.58. The molecule has 3 N–H and O–H groups in total. The van der Waals surface area contributed by atoms with Gasteiger partial charge in [-0.15, -0.1) is 0 Å². The van der Waals surface area contributed by atoms with Crippen LogP contribution in [0.1, 0.15) is 13.8 Å². The Morgan fingerprint density at radius 3 is 2.05 bits per heavy atom. The molecule has 0 aliphatic rings. The van der Waals surface area contributed by atoms with Crippen LogP contribution in [0.25, 0.3) is 0 Å². The standard InChI is InChI=1S/C18H24N2O2/c1-14(21)12-20(13-15(2)22)18-10-6-9-17(11-18)19-16-7-4-3-5-8-16/h3-11,14-15,19,21-22H,12-13H2,1-2H3. The molecule has 0 fully saturated rings. The van der Waals surface area contributed by atoms with E-state index in [1.165, 1.54) is 0 Å². The summed E-state index contributed by atoms with van der Waals surface area (Å²) in [5, 5.41) is 22.7. The zero-order chi connectivity index (χ0) is 15.9. The maximum Gasteiger partial charge on any atom is 0.0687 e. The van der Waals surface area contributed by atoms with Gasteiger partial charge in [-0.3, -0.25) is 0 Å². The lowest BCUT2D eigenvalue weighted by atomic mass is 10.2. The molecule has 0 aliphatic carbocycles. The predicted octanol–water partition coefficient (Wildman–Crippen LogP) is 3.00. The largest absolute Gasteiger partial charge is 0.392 e. The van der Waals surface area contributed by atoms with Crippen molar-refractivity contribution in [2.24, 2.45) is 0 Å². The minimum absolute atomic E-state index is 0.454. The molecule has 4 nitrogen and oxygen atoms in total. The molecule has 118 valence electrons. The molecule has 0 aromatic heterocycles. The van der Waals surface area contributed by atoms with Crippen LogP contribution in [0.2, 0.25) is 0 Å². The highest BCUT2D eigenvalue weighted by Crippen LogP contribution is 2.23. The Hall–Kier alpha value is -2.04. The quantitative estimate of drug-likeness (QED) is 0.736. The highest BCUT2D eigenvalue weighted by molar-refractivity contribution is 5.65. The fourth-order valence-corrected chi connectivity index (χ4v) is 2.39. The molecule has 0 saturated heterocycles. The van der Waals surface area contributed by atoms with Crippen molar-refractivity contribution in [1.82, 2.24) is 0 Å². The van der Waals surface area contributed by atoms with E-state index in [1.807, 2.05) is 59.5 Å². The van der Waals surface area contributed by atoms with Gasteiger partial charge in [-0.2, -0.15) is 0 Å². The van der Waals surface area contributed by atoms with E-state index in [9.17, 15) is 10.2 Å². The molecule has 4 heteroatoms. The van der Waals surface area contributed by atoms with E-state index in [-0.39, 0.29) is 0 Å². The fourth-order valence-electron chi connectivity index (χ4n) is 2.39. The summed E-state index contributed by atoms with van der Waals surface area (Å²) >= 11 is 0. The number of aliphatic hydroxyl groups excluding tert-OH is 2. The molecule has 0 radical (unpaired) electrons. The van der Waals surface area contributed by atoms with Crippen LogP contribution >= 0.6 is 0 Å². The Morgan fingerprint density at radius 1 is 0.864 bits per heavy atom. The maximum absolute atomic E-state index is 9.66. The highest BCUT2D eigenvalue weighted by Gasteiger charge is 2.12. The summed E-state index contributed by atoms with van der Waals surface area (Å²) in [6.45, 7) is 4.47. The van der Waals surface area contributed by atoms with E-state index < -0.39 is 12.2 Å². The molecule has 0 amide bonds. The van der Waals surface area contributed by atoms with Crippen LogP contribution in [0, 0.1) is 0 Å². The molecule has 0 heterocycles. The van der Waals surface area contributed by atoms with Crippen LogP contribution in [0.4, 0.5) is 17.1 Å². The Kier molecular flexibility index (Phi) is 5.81. The number of para-hydroxylation sites is 1.